The van der Waals surface area contributed by atoms with Gasteiger partial charge in [0, 0.05) is 0 Å². The average Bonchev–Trinajstić information content (AvgIpc) is 3.17. The number of carbonyl (C=O) groups is 1. The van der Waals surface area contributed by atoms with Crippen molar-refractivity contribution in [3.05, 3.63) is 72.1 Å². The van der Waals surface area contributed by atoms with Gasteiger partial charge in [-0.05, 0) is 24.6 Å². The maximum atomic E-state index is 12.1. The van der Waals surface area contributed by atoms with Crippen LogP contribution in [0.5, 0.6) is 0 Å². The predicted octanol–water partition coefficient (Wildman–Crippen LogP) is 3.35. The first kappa shape index (κ1) is 18.1. The predicted molar refractivity (Wildman–Crippen MR) is 106 cm³/mol. The van der Waals surface area contributed by atoms with E-state index >= 15 is 0 Å². The lowest BCUT2D eigenvalue weighted by Crippen LogP contribution is -2.07. The monoisotopic (exact) mass is 391 g/mol. The summed E-state index contributed by atoms with van der Waals surface area (Å²) in [5, 5.41) is 8.99. The van der Waals surface area contributed by atoms with E-state index < -0.39 is 0 Å². The third kappa shape index (κ3) is 4.01. The fourth-order valence-corrected chi connectivity index (χ4v) is 3.33. The van der Waals surface area contributed by atoms with Crippen LogP contribution in [0.25, 0.3) is 16.9 Å². The van der Waals surface area contributed by atoms with E-state index in [0.29, 0.717) is 16.2 Å². The van der Waals surface area contributed by atoms with Crippen LogP contribution in [0.3, 0.4) is 0 Å². The van der Waals surface area contributed by atoms with Crippen molar-refractivity contribution < 1.29 is 9.53 Å². The number of aromatic nitrogens is 5. The molecule has 0 N–H and O–H groups in total. The van der Waals surface area contributed by atoms with Gasteiger partial charge in [0.05, 0.1) is 11.4 Å². The number of rotatable bonds is 6. The van der Waals surface area contributed by atoms with Crippen LogP contribution in [0.15, 0.2) is 66.0 Å². The van der Waals surface area contributed by atoms with Gasteiger partial charge in [-0.2, -0.15) is 4.68 Å². The zero-order chi connectivity index (χ0) is 19.3. The van der Waals surface area contributed by atoms with Crippen LogP contribution in [0.2, 0.25) is 0 Å². The first-order valence-electron chi connectivity index (χ1n) is 8.66. The van der Waals surface area contributed by atoms with Gasteiger partial charge in [-0.3, -0.25) is 4.79 Å². The molecule has 0 unspecified atom stereocenters. The van der Waals surface area contributed by atoms with Crippen LogP contribution < -0.4 is 0 Å². The third-order valence-corrected chi connectivity index (χ3v) is 5.00. The summed E-state index contributed by atoms with van der Waals surface area (Å²) in [7, 11) is 0. The molecule has 2 heterocycles. The number of benzene rings is 2. The molecule has 28 heavy (non-hydrogen) atoms. The highest BCUT2D eigenvalue weighted by molar-refractivity contribution is 8.00. The number of thioether (sulfide) groups is 1. The first-order valence-corrected chi connectivity index (χ1v) is 9.65. The average molecular weight is 391 g/mol. The van der Waals surface area contributed by atoms with Crippen molar-refractivity contribution >= 4 is 28.9 Å². The maximum absolute atomic E-state index is 12.1. The molecular weight excluding hydrogens is 374 g/mol. The Bertz CT molecular complexity index is 1100. The summed E-state index contributed by atoms with van der Waals surface area (Å²) in [4.78, 5) is 20.6. The van der Waals surface area contributed by atoms with Crippen LogP contribution in [-0.4, -0.2) is 36.7 Å². The van der Waals surface area contributed by atoms with E-state index in [1.54, 1.807) is 4.68 Å². The Morgan fingerprint density at radius 3 is 2.64 bits per heavy atom. The molecule has 2 aromatic carbocycles. The van der Waals surface area contributed by atoms with Gasteiger partial charge in [-0.15, -0.1) is 5.10 Å². The van der Waals surface area contributed by atoms with Crippen LogP contribution in [0.4, 0.5) is 0 Å². The number of aryl methyl sites for hydroxylation is 1. The Morgan fingerprint density at radius 2 is 1.86 bits per heavy atom. The number of esters is 1. The molecule has 4 rings (SSSR count). The highest BCUT2D eigenvalue weighted by Gasteiger charge is 2.15. The van der Waals surface area contributed by atoms with Crippen LogP contribution in [-0.2, 0) is 16.1 Å². The molecule has 0 atom stereocenters. The van der Waals surface area contributed by atoms with Crippen molar-refractivity contribution in [2.45, 2.75) is 18.6 Å². The minimum absolute atomic E-state index is 0.135. The molecule has 0 radical (unpaired) electrons. The lowest BCUT2D eigenvalue weighted by Gasteiger charge is -2.05. The minimum Gasteiger partial charge on any atom is -0.460 e. The highest BCUT2D eigenvalue weighted by Crippen LogP contribution is 2.24. The van der Waals surface area contributed by atoms with Gasteiger partial charge >= 0.3 is 5.97 Å². The van der Waals surface area contributed by atoms with E-state index in [0.717, 1.165) is 16.8 Å². The van der Waals surface area contributed by atoms with Crippen molar-refractivity contribution in [2.24, 2.45) is 0 Å². The summed E-state index contributed by atoms with van der Waals surface area (Å²) in [5.74, 6) is -0.178. The molecule has 2 aromatic heterocycles. The fourth-order valence-electron chi connectivity index (χ4n) is 2.60. The van der Waals surface area contributed by atoms with Gasteiger partial charge in [0.25, 0.3) is 0 Å². The standard InChI is InChI=1S/C20H17N5O2S/c1-14-7-9-16(10-8-14)25-19-18(23-24-25)20(22-13-21-19)28-12-17(26)27-11-15-5-3-2-4-6-15/h2-10,13H,11-12H2,1H3. The Labute approximate surface area is 165 Å². The normalized spacial score (nSPS) is 10.9. The zero-order valence-electron chi connectivity index (χ0n) is 15.1. The van der Waals surface area contributed by atoms with E-state index in [1.807, 2.05) is 61.5 Å². The second kappa shape index (κ2) is 8.18. The molecule has 0 saturated carbocycles. The molecule has 0 aliphatic heterocycles. The minimum atomic E-state index is -0.313. The molecule has 140 valence electrons. The van der Waals surface area contributed by atoms with E-state index in [1.165, 1.54) is 18.1 Å². The van der Waals surface area contributed by atoms with Gasteiger partial charge in [0.2, 0.25) is 0 Å². The lowest BCUT2D eigenvalue weighted by molar-refractivity contribution is -0.141. The van der Waals surface area contributed by atoms with E-state index in [9.17, 15) is 4.79 Å². The van der Waals surface area contributed by atoms with Crippen molar-refractivity contribution in [1.82, 2.24) is 25.0 Å². The topological polar surface area (TPSA) is 82.8 Å². The first-order chi connectivity index (χ1) is 13.7. The largest absolute Gasteiger partial charge is 0.460 e. The SMILES string of the molecule is Cc1ccc(-n2nnc3c(SCC(=O)OCc4ccccc4)ncnc32)cc1. The van der Waals surface area contributed by atoms with Gasteiger partial charge in [0.1, 0.15) is 18.0 Å². The van der Waals surface area contributed by atoms with Crippen molar-refractivity contribution in [3.8, 4) is 5.69 Å². The summed E-state index contributed by atoms with van der Waals surface area (Å²) < 4.78 is 6.96. The molecule has 4 aromatic rings. The molecule has 7 nitrogen and oxygen atoms in total. The maximum Gasteiger partial charge on any atom is 0.316 e. The molecule has 0 aliphatic carbocycles. The smallest absolute Gasteiger partial charge is 0.316 e. The quantitative estimate of drug-likeness (QED) is 0.283. The number of carbonyl (C=O) groups excluding carboxylic acids is 1. The summed E-state index contributed by atoms with van der Waals surface area (Å²) in [6, 6.07) is 17.5. The van der Waals surface area contributed by atoms with Gasteiger partial charge in [-0.1, -0.05) is 65.0 Å². The van der Waals surface area contributed by atoms with Crippen molar-refractivity contribution in [1.29, 1.82) is 0 Å². The molecule has 0 aliphatic rings. The van der Waals surface area contributed by atoms with Crippen molar-refractivity contribution in [2.75, 3.05) is 5.75 Å². The molecule has 8 heteroatoms. The lowest BCUT2D eigenvalue weighted by atomic mass is 10.2. The Hall–Kier alpha value is -3.26. The van der Waals surface area contributed by atoms with E-state index in [4.69, 9.17) is 4.74 Å². The Balaban J connectivity index is 1.46. The van der Waals surface area contributed by atoms with Crippen LogP contribution >= 0.6 is 11.8 Å². The number of nitrogens with zero attached hydrogens (tertiary/aromatic N) is 5. The Kier molecular flexibility index (Phi) is 5.29. The molecule has 0 amide bonds. The summed E-state index contributed by atoms with van der Waals surface area (Å²) >= 11 is 1.26. The number of hydrogen-bond acceptors (Lipinski definition) is 7. The van der Waals surface area contributed by atoms with E-state index in [-0.39, 0.29) is 18.3 Å². The summed E-state index contributed by atoms with van der Waals surface area (Å²) in [6.45, 7) is 2.28. The van der Waals surface area contributed by atoms with Gasteiger partial charge in [0.15, 0.2) is 11.2 Å². The Morgan fingerprint density at radius 1 is 1.07 bits per heavy atom. The van der Waals surface area contributed by atoms with Gasteiger partial charge in [-0.25, -0.2) is 9.97 Å². The number of ether oxygens (including phenoxy) is 1. The van der Waals surface area contributed by atoms with E-state index in [2.05, 4.69) is 20.3 Å². The fraction of sp³-hybridized carbons (Fsp3) is 0.150. The molecule has 0 bridgehead atoms. The third-order valence-electron chi connectivity index (χ3n) is 4.05. The molecular formula is C20H17N5O2S. The number of fused-ring (bicyclic) bond motifs is 1. The zero-order valence-corrected chi connectivity index (χ0v) is 16.0. The highest BCUT2D eigenvalue weighted by atomic mass is 32.2. The van der Waals surface area contributed by atoms with Crippen molar-refractivity contribution in [3.63, 3.8) is 0 Å². The number of hydrogen-bond donors (Lipinski definition) is 0. The second-order valence-electron chi connectivity index (χ2n) is 6.12. The molecule has 0 spiro atoms. The van der Waals surface area contributed by atoms with Crippen LogP contribution in [0, 0.1) is 6.92 Å². The molecule has 0 saturated heterocycles. The van der Waals surface area contributed by atoms with Gasteiger partial charge < -0.3 is 4.74 Å². The second-order valence-corrected chi connectivity index (χ2v) is 7.09. The summed E-state index contributed by atoms with van der Waals surface area (Å²) in [5.41, 5.74) is 4.13. The summed E-state index contributed by atoms with van der Waals surface area (Å²) in [6.07, 6.45) is 1.45. The van der Waals surface area contributed by atoms with Crippen LogP contribution in [0.1, 0.15) is 11.1 Å². The molecule has 0 fully saturated rings.